The molecule has 0 bridgehead atoms. The molecule has 1 heterocycles. The number of phenols is 1. The maximum atomic E-state index is 11.3. The van der Waals surface area contributed by atoms with Gasteiger partial charge < -0.3 is 15.7 Å². The number of aromatic hydroxyl groups is 1. The maximum Gasteiger partial charge on any atom is 0.252 e. The number of unbranched alkanes of at least 4 members (excludes halogenated alkanes) is 3. The number of rotatable bonds is 7. The van der Waals surface area contributed by atoms with E-state index in [-0.39, 0.29) is 16.7 Å². The molecule has 4 nitrogen and oxygen atoms in total. The number of nitrogens with zero attached hydrogens (tertiary/aromatic N) is 1. The Morgan fingerprint density at radius 3 is 2.71 bits per heavy atom. The van der Waals surface area contributed by atoms with Crippen LogP contribution in [0.5, 0.6) is 5.75 Å². The molecule has 2 rings (SSSR count). The molecule has 24 heavy (non-hydrogen) atoms. The normalized spacial score (nSPS) is 24.9. The summed E-state index contributed by atoms with van der Waals surface area (Å²) in [5.41, 5.74) is 6.60. The summed E-state index contributed by atoms with van der Waals surface area (Å²) in [5.74, 6) is -0.0918. The third kappa shape index (κ3) is 4.10. The number of amides is 1. The fourth-order valence-corrected chi connectivity index (χ4v) is 3.81. The number of likely N-dealkylation sites (tertiary alicyclic amines) is 1. The fraction of sp³-hybridized carbons (Fsp3) is 0.650. The molecule has 0 unspecified atom stereocenters. The van der Waals surface area contributed by atoms with Crippen molar-refractivity contribution >= 4 is 5.91 Å². The quantitative estimate of drug-likeness (QED) is 0.749. The minimum Gasteiger partial charge on any atom is -0.507 e. The molecule has 0 spiro atoms. The van der Waals surface area contributed by atoms with E-state index in [1.54, 1.807) is 12.1 Å². The lowest BCUT2D eigenvalue weighted by Gasteiger charge is -2.45. The van der Waals surface area contributed by atoms with E-state index >= 15 is 0 Å². The van der Waals surface area contributed by atoms with Gasteiger partial charge in [0.25, 0.3) is 5.91 Å². The lowest BCUT2D eigenvalue weighted by molar-refractivity contribution is 0.0996. The van der Waals surface area contributed by atoms with Crippen LogP contribution >= 0.6 is 0 Å². The maximum absolute atomic E-state index is 11.3. The van der Waals surface area contributed by atoms with E-state index < -0.39 is 5.91 Å². The predicted molar refractivity (Wildman–Crippen MR) is 98.3 cm³/mol. The van der Waals surface area contributed by atoms with E-state index in [2.05, 4.69) is 25.7 Å². The van der Waals surface area contributed by atoms with Gasteiger partial charge in [0.15, 0.2) is 0 Å². The van der Waals surface area contributed by atoms with Gasteiger partial charge in [0.1, 0.15) is 5.75 Å². The first-order valence-corrected chi connectivity index (χ1v) is 9.24. The van der Waals surface area contributed by atoms with Crippen molar-refractivity contribution < 1.29 is 9.90 Å². The molecule has 0 aliphatic carbocycles. The Bertz CT molecular complexity index is 573. The molecule has 1 aromatic carbocycles. The summed E-state index contributed by atoms with van der Waals surface area (Å²) in [4.78, 5) is 13.9. The molecule has 3 N–H and O–H groups in total. The minimum absolute atomic E-state index is 0.00424. The first-order chi connectivity index (χ1) is 11.4. The van der Waals surface area contributed by atoms with E-state index in [0.717, 1.165) is 25.1 Å². The fourth-order valence-electron chi connectivity index (χ4n) is 3.81. The van der Waals surface area contributed by atoms with Crippen molar-refractivity contribution in [3.63, 3.8) is 0 Å². The van der Waals surface area contributed by atoms with Gasteiger partial charge in [-0.1, -0.05) is 46.1 Å². The van der Waals surface area contributed by atoms with Crippen LogP contribution in [0.1, 0.15) is 68.8 Å². The van der Waals surface area contributed by atoms with Crippen molar-refractivity contribution in [1.29, 1.82) is 0 Å². The summed E-state index contributed by atoms with van der Waals surface area (Å²) in [6, 6.07) is 5.34. The Labute approximate surface area is 146 Å². The standard InChI is InChI=1S/C20H32N2O2/c1-4-5-6-7-11-22-12-10-20(3,15(2)14-22)16-8-9-17(19(21)24)18(23)13-16/h8-9,13,15,23H,4-7,10-12,14H2,1-3H3,(H2,21,24)/t15-,20-/m0/s1. The zero-order valence-corrected chi connectivity index (χ0v) is 15.3. The molecule has 1 aromatic rings. The third-order valence-corrected chi connectivity index (χ3v) is 5.82. The molecule has 0 saturated carbocycles. The van der Waals surface area contributed by atoms with Crippen molar-refractivity contribution in [2.75, 3.05) is 19.6 Å². The highest BCUT2D eigenvalue weighted by Gasteiger charge is 2.38. The molecule has 0 aromatic heterocycles. The van der Waals surface area contributed by atoms with Gasteiger partial charge in [-0.05, 0) is 55.0 Å². The molecule has 1 fully saturated rings. The number of nitrogens with two attached hydrogens (primary N) is 1. The number of hydrogen-bond donors (Lipinski definition) is 2. The van der Waals surface area contributed by atoms with Crippen LogP contribution in [0.4, 0.5) is 0 Å². The van der Waals surface area contributed by atoms with Crippen molar-refractivity contribution in [2.45, 2.75) is 58.3 Å². The number of carbonyl (C=O) groups is 1. The molecular weight excluding hydrogens is 300 g/mol. The van der Waals surface area contributed by atoms with Crippen LogP contribution in [0.2, 0.25) is 0 Å². The van der Waals surface area contributed by atoms with Crippen LogP contribution < -0.4 is 5.73 Å². The average molecular weight is 332 g/mol. The molecule has 1 aliphatic heterocycles. The molecule has 2 atom stereocenters. The summed E-state index contributed by atoms with van der Waals surface area (Å²) >= 11 is 0. The van der Waals surface area contributed by atoms with Crippen LogP contribution in [-0.2, 0) is 5.41 Å². The Balaban J connectivity index is 2.03. The van der Waals surface area contributed by atoms with E-state index in [4.69, 9.17) is 5.73 Å². The molecule has 4 heteroatoms. The zero-order chi connectivity index (χ0) is 17.7. The highest BCUT2D eigenvalue weighted by Crippen LogP contribution is 2.40. The Morgan fingerprint density at radius 2 is 2.12 bits per heavy atom. The minimum atomic E-state index is -0.584. The van der Waals surface area contributed by atoms with E-state index in [9.17, 15) is 9.90 Å². The van der Waals surface area contributed by atoms with Crippen LogP contribution in [0, 0.1) is 5.92 Å². The highest BCUT2D eigenvalue weighted by atomic mass is 16.3. The van der Waals surface area contributed by atoms with Crippen molar-refractivity contribution in [3.05, 3.63) is 29.3 Å². The number of primary amides is 1. The summed E-state index contributed by atoms with van der Waals surface area (Å²) < 4.78 is 0. The van der Waals surface area contributed by atoms with Gasteiger partial charge in [0.2, 0.25) is 0 Å². The van der Waals surface area contributed by atoms with Crippen LogP contribution in [0.25, 0.3) is 0 Å². The smallest absolute Gasteiger partial charge is 0.252 e. The predicted octanol–water partition coefficient (Wildman–Crippen LogP) is 3.67. The molecule has 1 saturated heterocycles. The third-order valence-electron chi connectivity index (χ3n) is 5.82. The molecule has 1 amide bonds. The largest absolute Gasteiger partial charge is 0.507 e. The van der Waals surface area contributed by atoms with E-state index in [0.29, 0.717) is 5.92 Å². The van der Waals surface area contributed by atoms with Crippen LogP contribution in [-0.4, -0.2) is 35.5 Å². The topological polar surface area (TPSA) is 66.6 Å². The van der Waals surface area contributed by atoms with Crippen LogP contribution in [0.15, 0.2) is 18.2 Å². The van der Waals surface area contributed by atoms with Gasteiger partial charge in [-0.2, -0.15) is 0 Å². The number of hydrogen-bond acceptors (Lipinski definition) is 3. The average Bonchev–Trinajstić information content (AvgIpc) is 2.54. The number of carbonyl (C=O) groups excluding carboxylic acids is 1. The zero-order valence-electron chi connectivity index (χ0n) is 15.3. The van der Waals surface area contributed by atoms with Crippen LogP contribution in [0.3, 0.4) is 0 Å². The van der Waals surface area contributed by atoms with E-state index in [1.165, 1.54) is 32.2 Å². The lowest BCUT2D eigenvalue weighted by Crippen LogP contribution is -2.47. The summed E-state index contributed by atoms with van der Waals surface area (Å²) in [7, 11) is 0. The highest BCUT2D eigenvalue weighted by molar-refractivity contribution is 5.95. The Morgan fingerprint density at radius 1 is 1.38 bits per heavy atom. The van der Waals surface area contributed by atoms with Gasteiger partial charge >= 0.3 is 0 Å². The molecule has 1 aliphatic rings. The second-order valence-electron chi connectivity index (χ2n) is 7.53. The Hall–Kier alpha value is -1.55. The monoisotopic (exact) mass is 332 g/mol. The number of piperidine rings is 1. The van der Waals surface area contributed by atoms with Gasteiger partial charge in [-0.3, -0.25) is 4.79 Å². The van der Waals surface area contributed by atoms with Gasteiger partial charge in [0, 0.05) is 6.54 Å². The first kappa shape index (κ1) is 18.8. The lowest BCUT2D eigenvalue weighted by atomic mass is 9.68. The van der Waals surface area contributed by atoms with E-state index in [1.807, 2.05) is 6.07 Å². The summed E-state index contributed by atoms with van der Waals surface area (Å²) in [6.07, 6.45) is 6.27. The summed E-state index contributed by atoms with van der Waals surface area (Å²) in [6.45, 7) is 10.2. The van der Waals surface area contributed by atoms with Crippen molar-refractivity contribution in [1.82, 2.24) is 4.90 Å². The second kappa shape index (κ2) is 8.02. The van der Waals surface area contributed by atoms with Gasteiger partial charge in [-0.25, -0.2) is 0 Å². The van der Waals surface area contributed by atoms with Gasteiger partial charge in [-0.15, -0.1) is 0 Å². The second-order valence-corrected chi connectivity index (χ2v) is 7.53. The van der Waals surface area contributed by atoms with Gasteiger partial charge in [0.05, 0.1) is 5.56 Å². The SMILES string of the molecule is CCCCCCN1CC[C@](C)(c2ccc(C(N)=O)c(O)c2)[C@@H](C)C1. The van der Waals surface area contributed by atoms with Crippen molar-refractivity contribution in [3.8, 4) is 5.75 Å². The molecular formula is C20H32N2O2. The first-order valence-electron chi connectivity index (χ1n) is 9.24. The number of benzene rings is 1. The molecule has 134 valence electrons. The summed E-state index contributed by atoms with van der Waals surface area (Å²) in [5, 5.41) is 10.1. The Kier molecular flexibility index (Phi) is 6.27. The molecule has 0 radical (unpaired) electrons. The van der Waals surface area contributed by atoms with Crippen molar-refractivity contribution in [2.24, 2.45) is 11.7 Å².